The predicted octanol–water partition coefficient (Wildman–Crippen LogP) is 1.59. The van der Waals surface area contributed by atoms with E-state index in [1.807, 2.05) is 19.1 Å². The highest BCUT2D eigenvalue weighted by Gasteiger charge is 2.08. The predicted molar refractivity (Wildman–Crippen MR) is 47.3 cm³/mol. The van der Waals surface area contributed by atoms with Crippen LogP contribution in [0.5, 0.6) is 5.75 Å². The van der Waals surface area contributed by atoms with Crippen molar-refractivity contribution in [2.75, 3.05) is 13.7 Å². The molecule has 1 unspecified atom stereocenters. The molecule has 1 N–H and O–H groups in total. The first-order valence-corrected chi connectivity index (χ1v) is 3.94. The Morgan fingerprint density at radius 2 is 2.42 bits per heavy atom. The fourth-order valence-electron chi connectivity index (χ4n) is 1.11. The second kappa shape index (κ2) is 4.12. The Morgan fingerprint density at radius 1 is 1.67 bits per heavy atom. The molecular weight excluding hydrogens is 152 g/mol. The first kappa shape index (κ1) is 9.07. The molecule has 2 nitrogen and oxygen atoms in total. The molecule has 0 aliphatic rings. The maximum Gasteiger partial charge on any atom is 0.123 e. The van der Waals surface area contributed by atoms with Gasteiger partial charge in [0.1, 0.15) is 5.75 Å². The van der Waals surface area contributed by atoms with E-state index in [9.17, 15) is 0 Å². The van der Waals surface area contributed by atoms with Gasteiger partial charge in [-0.15, -0.1) is 0 Å². The Kier molecular flexibility index (Phi) is 3.11. The van der Waals surface area contributed by atoms with Crippen LogP contribution in [0.1, 0.15) is 18.4 Å². The van der Waals surface area contributed by atoms with Crippen LogP contribution in [0.3, 0.4) is 0 Å². The minimum atomic E-state index is 0.120. The average molecular weight is 165 g/mol. The lowest BCUT2D eigenvalue weighted by molar-refractivity contribution is 0.269. The number of hydrogen-bond donors (Lipinski definition) is 1. The largest absolute Gasteiger partial charge is 0.496 e. The van der Waals surface area contributed by atoms with Crippen LogP contribution in [0.2, 0.25) is 0 Å². The lowest BCUT2D eigenvalue weighted by Crippen LogP contribution is -2.01. The molecule has 1 aromatic carbocycles. The van der Waals surface area contributed by atoms with E-state index in [0.29, 0.717) is 0 Å². The van der Waals surface area contributed by atoms with Crippen molar-refractivity contribution in [3.8, 4) is 5.75 Å². The van der Waals surface area contributed by atoms with Crippen LogP contribution < -0.4 is 4.74 Å². The third-order valence-corrected chi connectivity index (χ3v) is 1.88. The van der Waals surface area contributed by atoms with Gasteiger partial charge in [-0.05, 0) is 17.7 Å². The molecule has 65 valence electrons. The Balaban J connectivity index is 2.96. The highest BCUT2D eigenvalue weighted by molar-refractivity contribution is 5.35. The lowest BCUT2D eigenvalue weighted by atomic mass is 10.0. The molecule has 0 bridgehead atoms. The van der Waals surface area contributed by atoms with Crippen molar-refractivity contribution in [1.82, 2.24) is 0 Å². The van der Waals surface area contributed by atoms with Crippen LogP contribution in [0.15, 0.2) is 18.2 Å². The normalized spacial score (nSPS) is 12.6. The molecule has 0 spiro atoms. The van der Waals surface area contributed by atoms with Crippen molar-refractivity contribution in [2.24, 2.45) is 0 Å². The zero-order chi connectivity index (χ0) is 8.97. The molecule has 0 saturated carbocycles. The number of benzene rings is 1. The van der Waals surface area contributed by atoms with Crippen molar-refractivity contribution >= 4 is 0 Å². The summed E-state index contributed by atoms with van der Waals surface area (Å²) >= 11 is 0. The molecule has 0 aliphatic heterocycles. The van der Waals surface area contributed by atoms with E-state index in [0.717, 1.165) is 11.3 Å². The van der Waals surface area contributed by atoms with Crippen LogP contribution in [0.4, 0.5) is 0 Å². The second-order valence-electron chi connectivity index (χ2n) is 2.75. The van der Waals surface area contributed by atoms with Gasteiger partial charge in [0.05, 0.1) is 7.11 Å². The van der Waals surface area contributed by atoms with Gasteiger partial charge in [-0.25, -0.2) is 0 Å². The zero-order valence-corrected chi connectivity index (χ0v) is 7.37. The fraction of sp³-hybridized carbons (Fsp3) is 0.400. The van der Waals surface area contributed by atoms with Gasteiger partial charge in [-0.3, -0.25) is 0 Å². The van der Waals surface area contributed by atoms with E-state index < -0.39 is 0 Å². The first-order valence-electron chi connectivity index (χ1n) is 3.94. The zero-order valence-electron chi connectivity index (χ0n) is 7.37. The molecular formula is C10H13O2. The van der Waals surface area contributed by atoms with Crippen LogP contribution in [0.25, 0.3) is 0 Å². The SMILES string of the molecule is COc1c[c]ccc1C(C)CO. The van der Waals surface area contributed by atoms with Crippen molar-refractivity contribution in [1.29, 1.82) is 0 Å². The first-order chi connectivity index (χ1) is 5.79. The Morgan fingerprint density at radius 3 is 3.00 bits per heavy atom. The maximum atomic E-state index is 8.94. The topological polar surface area (TPSA) is 29.5 Å². The summed E-state index contributed by atoms with van der Waals surface area (Å²) in [5.41, 5.74) is 1.03. The number of aliphatic hydroxyl groups excluding tert-OH is 1. The van der Waals surface area contributed by atoms with Gasteiger partial charge in [0, 0.05) is 12.5 Å². The average Bonchev–Trinajstić information content (AvgIpc) is 2.16. The molecule has 1 radical (unpaired) electrons. The molecule has 1 rings (SSSR count). The Hall–Kier alpha value is -1.02. The third-order valence-electron chi connectivity index (χ3n) is 1.88. The molecule has 2 heteroatoms. The van der Waals surface area contributed by atoms with Crippen molar-refractivity contribution in [3.63, 3.8) is 0 Å². The smallest absolute Gasteiger partial charge is 0.123 e. The number of ether oxygens (including phenoxy) is 1. The van der Waals surface area contributed by atoms with Gasteiger partial charge in [-0.1, -0.05) is 19.1 Å². The van der Waals surface area contributed by atoms with Crippen LogP contribution >= 0.6 is 0 Å². The van der Waals surface area contributed by atoms with Gasteiger partial charge in [0.25, 0.3) is 0 Å². The van der Waals surface area contributed by atoms with Gasteiger partial charge >= 0.3 is 0 Å². The van der Waals surface area contributed by atoms with E-state index in [-0.39, 0.29) is 12.5 Å². The summed E-state index contributed by atoms with van der Waals surface area (Å²) in [5.74, 6) is 0.911. The number of hydrogen-bond acceptors (Lipinski definition) is 2. The van der Waals surface area contributed by atoms with E-state index in [1.165, 1.54) is 0 Å². The summed E-state index contributed by atoms with van der Waals surface area (Å²) in [6, 6.07) is 8.44. The molecule has 0 aromatic heterocycles. The van der Waals surface area contributed by atoms with E-state index in [1.54, 1.807) is 13.2 Å². The van der Waals surface area contributed by atoms with Crippen molar-refractivity contribution in [2.45, 2.75) is 12.8 Å². The highest BCUT2D eigenvalue weighted by atomic mass is 16.5. The molecule has 1 aromatic rings. The van der Waals surface area contributed by atoms with Gasteiger partial charge in [0.2, 0.25) is 0 Å². The minimum absolute atomic E-state index is 0.120. The Bertz CT molecular complexity index is 245. The minimum Gasteiger partial charge on any atom is -0.496 e. The highest BCUT2D eigenvalue weighted by Crippen LogP contribution is 2.24. The number of aliphatic hydroxyl groups is 1. The van der Waals surface area contributed by atoms with Crippen LogP contribution in [-0.4, -0.2) is 18.8 Å². The fourth-order valence-corrected chi connectivity index (χ4v) is 1.11. The summed E-state index contributed by atoms with van der Waals surface area (Å²) < 4.78 is 5.13. The summed E-state index contributed by atoms with van der Waals surface area (Å²) in [6.07, 6.45) is 0. The van der Waals surface area contributed by atoms with E-state index >= 15 is 0 Å². The molecule has 0 fully saturated rings. The molecule has 0 amide bonds. The summed E-state index contributed by atoms with van der Waals surface area (Å²) in [4.78, 5) is 0. The number of rotatable bonds is 3. The monoisotopic (exact) mass is 165 g/mol. The standard InChI is InChI=1S/C10H13O2/c1-8(7-11)9-5-3-4-6-10(9)12-2/h3,5-6,8,11H,7H2,1-2H3. The van der Waals surface area contributed by atoms with Crippen LogP contribution in [-0.2, 0) is 0 Å². The van der Waals surface area contributed by atoms with E-state index in [4.69, 9.17) is 9.84 Å². The summed E-state index contributed by atoms with van der Waals surface area (Å²) in [5, 5.41) is 8.94. The van der Waals surface area contributed by atoms with Gasteiger partial charge < -0.3 is 9.84 Å². The van der Waals surface area contributed by atoms with Gasteiger partial charge in [-0.2, -0.15) is 0 Å². The summed E-state index contributed by atoms with van der Waals surface area (Å²) in [6.45, 7) is 2.10. The van der Waals surface area contributed by atoms with Crippen molar-refractivity contribution in [3.05, 3.63) is 29.8 Å². The van der Waals surface area contributed by atoms with Crippen LogP contribution in [0, 0.1) is 6.07 Å². The molecule has 0 aliphatic carbocycles. The molecule has 0 heterocycles. The second-order valence-corrected chi connectivity index (χ2v) is 2.75. The Labute approximate surface area is 72.8 Å². The molecule has 1 atom stereocenters. The summed E-state index contributed by atoms with van der Waals surface area (Å²) in [7, 11) is 1.62. The molecule has 0 saturated heterocycles. The molecule has 12 heavy (non-hydrogen) atoms. The van der Waals surface area contributed by atoms with Gasteiger partial charge in [0.15, 0.2) is 0 Å². The van der Waals surface area contributed by atoms with E-state index in [2.05, 4.69) is 6.07 Å². The number of methoxy groups -OCH3 is 1. The van der Waals surface area contributed by atoms with Crippen molar-refractivity contribution < 1.29 is 9.84 Å². The maximum absolute atomic E-state index is 8.94. The quantitative estimate of drug-likeness (QED) is 0.737. The third kappa shape index (κ3) is 1.77. The lowest BCUT2D eigenvalue weighted by Gasteiger charge is -2.12.